The molecule has 2 heteroatoms. The maximum atomic E-state index is 9.36. The lowest BCUT2D eigenvalue weighted by Crippen LogP contribution is -2.07. The summed E-state index contributed by atoms with van der Waals surface area (Å²) in [6, 6.07) is 10.2. The van der Waals surface area contributed by atoms with Gasteiger partial charge in [0.2, 0.25) is 0 Å². The molecule has 1 aromatic carbocycles. The zero-order chi connectivity index (χ0) is 10.5. The van der Waals surface area contributed by atoms with Crippen molar-refractivity contribution in [1.29, 1.82) is 0 Å². The summed E-state index contributed by atoms with van der Waals surface area (Å²) in [5.41, 5.74) is 1.22. The summed E-state index contributed by atoms with van der Waals surface area (Å²) in [6.07, 6.45) is 2.87. The third-order valence-corrected chi connectivity index (χ3v) is 2.98. The maximum Gasteiger partial charge on any atom is 0.0717 e. The summed E-state index contributed by atoms with van der Waals surface area (Å²) in [6.45, 7) is 1.47. The van der Waals surface area contributed by atoms with Crippen LogP contribution in [0, 0.1) is 5.92 Å². The van der Waals surface area contributed by atoms with E-state index in [1.54, 1.807) is 0 Å². The Kier molecular flexibility index (Phi) is 3.75. The molecule has 1 saturated carbocycles. The molecule has 0 radical (unpaired) electrons. The highest BCUT2D eigenvalue weighted by Crippen LogP contribution is 2.25. The number of hydrogen-bond donors (Lipinski definition) is 1. The fourth-order valence-corrected chi connectivity index (χ4v) is 2.12. The molecule has 0 heterocycles. The first kappa shape index (κ1) is 10.7. The van der Waals surface area contributed by atoms with Crippen LogP contribution in [0.5, 0.6) is 0 Å². The molecule has 2 unspecified atom stereocenters. The molecular weight excluding hydrogens is 188 g/mol. The van der Waals surface area contributed by atoms with Crippen LogP contribution >= 0.6 is 0 Å². The first-order valence-corrected chi connectivity index (χ1v) is 5.64. The van der Waals surface area contributed by atoms with Gasteiger partial charge in [0.1, 0.15) is 0 Å². The van der Waals surface area contributed by atoms with Crippen molar-refractivity contribution >= 4 is 0 Å². The van der Waals surface area contributed by atoms with Crippen molar-refractivity contribution in [3.63, 3.8) is 0 Å². The second kappa shape index (κ2) is 5.29. The van der Waals surface area contributed by atoms with Gasteiger partial charge in [-0.05, 0) is 30.7 Å². The SMILES string of the molecule is OC1CCC(COCc2ccccc2)C1. The zero-order valence-corrected chi connectivity index (χ0v) is 8.93. The van der Waals surface area contributed by atoms with E-state index in [4.69, 9.17) is 4.74 Å². The second-order valence-electron chi connectivity index (χ2n) is 4.33. The fourth-order valence-electron chi connectivity index (χ4n) is 2.12. The van der Waals surface area contributed by atoms with E-state index in [1.165, 1.54) is 5.56 Å². The summed E-state index contributed by atoms with van der Waals surface area (Å²) in [7, 11) is 0. The largest absolute Gasteiger partial charge is 0.393 e. The van der Waals surface area contributed by atoms with Gasteiger partial charge in [0.05, 0.1) is 12.7 Å². The van der Waals surface area contributed by atoms with Crippen molar-refractivity contribution in [3.8, 4) is 0 Å². The highest BCUT2D eigenvalue weighted by molar-refractivity contribution is 5.13. The highest BCUT2D eigenvalue weighted by Gasteiger charge is 2.22. The monoisotopic (exact) mass is 206 g/mol. The van der Waals surface area contributed by atoms with Crippen molar-refractivity contribution in [2.45, 2.75) is 32.0 Å². The van der Waals surface area contributed by atoms with E-state index < -0.39 is 0 Å². The molecule has 0 bridgehead atoms. The topological polar surface area (TPSA) is 29.5 Å². The summed E-state index contributed by atoms with van der Waals surface area (Å²) in [5, 5.41) is 9.36. The number of aliphatic hydroxyl groups is 1. The molecule has 15 heavy (non-hydrogen) atoms. The Morgan fingerprint density at radius 3 is 2.67 bits per heavy atom. The van der Waals surface area contributed by atoms with E-state index in [-0.39, 0.29) is 6.10 Å². The zero-order valence-electron chi connectivity index (χ0n) is 8.93. The average molecular weight is 206 g/mol. The van der Waals surface area contributed by atoms with Gasteiger partial charge in [0, 0.05) is 6.61 Å². The molecule has 1 N–H and O–H groups in total. The van der Waals surface area contributed by atoms with E-state index in [9.17, 15) is 5.11 Å². The van der Waals surface area contributed by atoms with E-state index in [0.29, 0.717) is 12.5 Å². The summed E-state index contributed by atoms with van der Waals surface area (Å²) >= 11 is 0. The standard InChI is InChI=1S/C13H18O2/c14-13-7-6-12(8-13)10-15-9-11-4-2-1-3-5-11/h1-5,12-14H,6-10H2. The Labute approximate surface area is 90.9 Å². The fraction of sp³-hybridized carbons (Fsp3) is 0.538. The molecular formula is C13H18O2. The van der Waals surface area contributed by atoms with Gasteiger partial charge in [-0.1, -0.05) is 30.3 Å². The molecule has 0 aliphatic heterocycles. The van der Waals surface area contributed by atoms with E-state index in [0.717, 1.165) is 25.9 Å². The van der Waals surface area contributed by atoms with E-state index >= 15 is 0 Å². The molecule has 1 aromatic rings. The average Bonchev–Trinajstić information content (AvgIpc) is 2.66. The first-order valence-electron chi connectivity index (χ1n) is 5.64. The lowest BCUT2D eigenvalue weighted by Gasteiger charge is -2.09. The maximum absolute atomic E-state index is 9.36. The number of ether oxygens (including phenoxy) is 1. The van der Waals surface area contributed by atoms with Gasteiger partial charge in [0.15, 0.2) is 0 Å². The van der Waals surface area contributed by atoms with Crippen LogP contribution in [0.25, 0.3) is 0 Å². The molecule has 1 fully saturated rings. The minimum atomic E-state index is -0.0877. The van der Waals surface area contributed by atoms with Crippen LogP contribution in [0.1, 0.15) is 24.8 Å². The number of aliphatic hydroxyl groups excluding tert-OH is 1. The lowest BCUT2D eigenvalue weighted by molar-refractivity contribution is 0.0822. The minimum Gasteiger partial charge on any atom is -0.393 e. The smallest absolute Gasteiger partial charge is 0.0717 e. The predicted molar refractivity (Wildman–Crippen MR) is 59.4 cm³/mol. The molecule has 0 spiro atoms. The molecule has 0 saturated heterocycles. The second-order valence-corrected chi connectivity index (χ2v) is 4.33. The quantitative estimate of drug-likeness (QED) is 0.819. The first-order chi connectivity index (χ1) is 7.34. The highest BCUT2D eigenvalue weighted by atomic mass is 16.5. The van der Waals surface area contributed by atoms with Gasteiger partial charge in [-0.15, -0.1) is 0 Å². The van der Waals surface area contributed by atoms with E-state index in [1.807, 2.05) is 18.2 Å². The van der Waals surface area contributed by atoms with Gasteiger partial charge in [-0.2, -0.15) is 0 Å². The molecule has 0 amide bonds. The van der Waals surface area contributed by atoms with Gasteiger partial charge in [-0.3, -0.25) is 0 Å². The van der Waals surface area contributed by atoms with Crippen molar-refractivity contribution < 1.29 is 9.84 Å². The van der Waals surface area contributed by atoms with Gasteiger partial charge in [0.25, 0.3) is 0 Å². The molecule has 2 nitrogen and oxygen atoms in total. The van der Waals surface area contributed by atoms with Crippen molar-refractivity contribution in [1.82, 2.24) is 0 Å². The molecule has 82 valence electrons. The van der Waals surface area contributed by atoms with Crippen LogP contribution in [0.2, 0.25) is 0 Å². The third kappa shape index (κ3) is 3.33. The minimum absolute atomic E-state index is 0.0877. The van der Waals surface area contributed by atoms with Crippen LogP contribution in [-0.4, -0.2) is 17.8 Å². The molecule has 2 atom stereocenters. The molecule has 2 rings (SSSR count). The normalized spacial score (nSPS) is 25.7. The van der Waals surface area contributed by atoms with Gasteiger partial charge in [-0.25, -0.2) is 0 Å². The summed E-state index contributed by atoms with van der Waals surface area (Å²) < 4.78 is 5.64. The Morgan fingerprint density at radius 2 is 2.00 bits per heavy atom. The van der Waals surface area contributed by atoms with Crippen LogP contribution < -0.4 is 0 Å². The molecule has 1 aliphatic carbocycles. The van der Waals surface area contributed by atoms with Crippen LogP contribution in [-0.2, 0) is 11.3 Å². The lowest BCUT2D eigenvalue weighted by atomic mass is 10.1. The number of rotatable bonds is 4. The van der Waals surface area contributed by atoms with Crippen molar-refractivity contribution in [2.24, 2.45) is 5.92 Å². The Balaban J connectivity index is 1.67. The Morgan fingerprint density at radius 1 is 1.20 bits per heavy atom. The van der Waals surface area contributed by atoms with Crippen LogP contribution in [0.4, 0.5) is 0 Å². The van der Waals surface area contributed by atoms with Crippen molar-refractivity contribution in [3.05, 3.63) is 35.9 Å². The van der Waals surface area contributed by atoms with Gasteiger partial charge >= 0.3 is 0 Å². The summed E-state index contributed by atoms with van der Waals surface area (Å²) in [4.78, 5) is 0. The van der Waals surface area contributed by atoms with Crippen LogP contribution in [0.15, 0.2) is 30.3 Å². The van der Waals surface area contributed by atoms with E-state index in [2.05, 4.69) is 12.1 Å². The molecule has 0 aromatic heterocycles. The number of benzene rings is 1. The number of hydrogen-bond acceptors (Lipinski definition) is 2. The third-order valence-electron chi connectivity index (χ3n) is 2.98. The molecule has 1 aliphatic rings. The Hall–Kier alpha value is -0.860. The van der Waals surface area contributed by atoms with Crippen molar-refractivity contribution in [2.75, 3.05) is 6.61 Å². The Bertz CT molecular complexity index is 284. The van der Waals surface area contributed by atoms with Gasteiger partial charge < -0.3 is 9.84 Å². The predicted octanol–water partition coefficient (Wildman–Crippen LogP) is 2.36. The van der Waals surface area contributed by atoms with Crippen LogP contribution in [0.3, 0.4) is 0 Å². The summed E-state index contributed by atoms with van der Waals surface area (Å²) in [5.74, 6) is 0.559.